The lowest BCUT2D eigenvalue weighted by molar-refractivity contribution is -0.0298. The number of hydrogen-bond donors (Lipinski definition) is 0. The Morgan fingerprint density at radius 1 is 1.43 bits per heavy atom. The minimum Gasteiger partial charge on any atom is -0.460 e. The van der Waals surface area contributed by atoms with Crippen LogP contribution >= 0.6 is 0 Å². The fraction of sp³-hybridized carbons (Fsp3) is 0.667. The summed E-state index contributed by atoms with van der Waals surface area (Å²) < 4.78 is 13.6. The minimum atomic E-state index is 0.0274. The van der Waals surface area contributed by atoms with E-state index in [4.69, 9.17) is 9.47 Å². The Hall–Kier alpha value is -1.69. The first kappa shape index (κ1) is 14.3. The molecular weight excluding hydrogens is 268 g/mol. The Labute approximate surface area is 124 Å². The van der Waals surface area contributed by atoms with E-state index in [0.29, 0.717) is 6.01 Å². The van der Waals surface area contributed by atoms with E-state index in [0.717, 1.165) is 43.5 Å². The summed E-state index contributed by atoms with van der Waals surface area (Å²) in [6.07, 6.45) is 9.02. The van der Waals surface area contributed by atoms with Crippen molar-refractivity contribution in [2.75, 3.05) is 6.61 Å². The number of ether oxygens (including phenoxy) is 2. The molecule has 2 atom stereocenters. The number of nitrogens with zero attached hydrogens (tertiary/aromatic N) is 4. The van der Waals surface area contributed by atoms with Gasteiger partial charge in [-0.15, -0.1) is 0 Å². The quantitative estimate of drug-likeness (QED) is 0.846. The first-order chi connectivity index (χ1) is 10.3. The van der Waals surface area contributed by atoms with Crippen molar-refractivity contribution in [2.45, 2.75) is 58.3 Å². The third-order valence-electron chi connectivity index (χ3n) is 3.76. The molecule has 0 N–H and O–H groups in total. The Balaban J connectivity index is 1.85. The van der Waals surface area contributed by atoms with E-state index >= 15 is 0 Å². The number of rotatable bonds is 5. The van der Waals surface area contributed by atoms with Crippen molar-refractivity contribution < 1.29 is 9.47 Å². The lowest BCUT2D eigenvalue weighted by Crippen LogP contribution is -2.18. The Morgan fingerprint density at radius 2 is 2.33 bits per heavy atom. The van der Waals surface area contributed by atoms with Crippen molar-refractivity contribution in [1.29, 1.82) is 0 Å². The van der Waals surface area contributed by atoms with Crippen LogP contribution in [0.1, 0.15) is 52.2 Å². The predicted molar refractivity (Wildman–Crippen MR) is 79.2 cm³/mol. The van der Waals surface area contributed by atoms with Crippen LogP contribution in [-0.4, -0.2) is 32.2 Å². The molecule has 1 aliphatic rings. The maximum absolute atomic E-state index is 5.81. The third-order valence-corrected chi connectivity index (χ3v) is 3.76. The van der Waals surface area contributed by atoms with Crippen molar-refractivity contribution in [2.24, 2.45) is 0 Å². The van der Waals surface area contributed by atoms with E-state index < -0.39 is 0 Å². The lowest BCUT2D eigenvalue weighted by Gasteiger charge is -2.23. The zero-order valence-electron chi connectivity index (χ0n) is 12.7. The monoisotopic (exact) mass is 290 g/mol. The van der Waals surface area contributed by atoms with E-state index in [9.17, 15) is 0 Å². The van der Waals surface area contributed by atoms with Crippen molar-refractivity contribution >= 4 is 11.2 Å². The second kappa shape index (κ2) is 6.39. The SMILES string of the molecule is CCC[C@H](C)Oc1ncc2ncn(C3CCCCO3)c2n1. The van der Waals surface area contributed by atoms with Crippen molar-refractivity contribution in [1.82, 2.24) is 19.5 Å². The number of hydrogen-bond acceptors (Lipinski definition) is 5. The molecule has 0 amide bonds. The first-order valence-electron chi connectivity index (χ1n) is 7.75. The first-order valence-corrected chi connectivity index (χ1v) is 7.75. The molecule has 1 fully saturated rings. The average Bonchev–Trinajstić information content (AvgIpc) is 2.91. The van der Waals surface area contributed by atoms with E-state index in [1.54, 1.807) is 12.5 Å². The highest BCUT2D eigenvalue weighted by atomic mass is 16.5. The molecule has 3 heterocycles. The molecule has 1 saturated heterocycles. The fourth-order valence-corrected chi connectivity index (χ4v) is 2.67. The van der Waals surface area contributed by atoms with Crippen LogP contribution in [0.2, 0.25) is 0 Å². The molecule has 2 aromatic heterocycles. The molecule has 0 spiro atoms. The maximum Gasteiger partial charge on any atom is 0.318 e. The molecule has 6 nitrogen and oxygen atoms in total. The van der Waals surface area contributed by atoms with Crippen LogP contribution in [0, 0.1) is 0 Å². The second-order valence-corrected chi connectivity index (χ2v) is 5.55. The van der Waals surface area contributed by atoms with Gasteiger partial charge >= 0.3 is 6.01 Å². The molecule has 2 aromatic rings. The Kier molecular flexibility index (Phi) is 4.34. The maximum atomic E-state index is 5.81. The van der Waals surface area contributed by atoms with Crippen LogP contribution in [0.5, 0.6) is 6.01 Å². The van der Waals surface area contributed by atoms with Crippen LogP contribution < -0.4 is 4.74 Å². The van der Waals surface area contributed by atoms with Gasteiger partial charge < -0.3 is 9.47 Å². The van der Waals surface area contributed by atoms with E-state index in [1.165, 1.54) is 6.42 Å². The molecule has 6 heteroatoms. The summed E-state index contributed by atoms with van der Waals surface area (Å²) in [4.78, 5) is 13.1. The zero-order valence-corrected chi connectivity index (χ0v) is 12.7. The summed E-state index contributed by atoms with van der Waals surface area (Å²) >= 11 is 0. The van der Waals surface area contributed by atoms with Gasteiger partial charge in [0, 0.05) is 6.61 Å². The molecular formula is C15H22N4O2. The molecule has 0 bridgehead atoms. The molecule has 0 aliphatic carbocycles. The zero-order chi connectivity index (χ0) is 14.7. The summed E-state index contributed by atoms with van der Waals surface area (Å²) in [6.45, 7) is 4.98. The summed E-state index contributed by atoms with van der Waals surface area (Å²) in [7, 11) is 0. The highest BCUT2D eigenvalue weighted by Crippen LogP contribution is 2.26. The number of imidazole rings is 1. The molecule has 21 heavy (non-hydrogen) atoms. The van der Waals surface area contributed by atoms with E-state index in [1.807, 2.05) is 11.5 Å². The van der Waals surface area contributed by atoms with Crippen LogP contribution in [0.3, 0.4) is 0 Å². The van der Waals surface area contributed by atoms with Gasteiger partial charge in [-0.3, -0.25) is 4.57 Å². The van der Waals surface area contributed by atoms with Crippen LogP contribution in [0.4, 0.5) is 0 Å². The Bertz CT molecular complexity index is 592. The van der Waals surface area contributed by atoms with Crippen LogP contribution in [0.15, 0.2) is 12.5 Å². The molecule has 1 aliphatic heterocycles. The van der Waals surface area contributed by atoms with Gasteiger partial charge in [0.25, 0.3) is 0 Å². The standard InChI is InChI=1S/C15H22N4O2/c1-3-6-11(2)21-15-16-9-12-14(18-15)19(10-17-12)13-7-4-5-8-20-13/h9-11,13H,3-8H2,1-2H3/t11-,13?/m0/s1. The van der Waals surface area contributed by atoms with Gasteiger partial charge in [-0.05, 0) is 32.6 Å². The molecule has 0 radical (unpaired) electrons. The highest BCUT2D eigenvalue weighted by Gasteiger charge is 2.19. The Morgan fingerprint density at radius 3 is 3.10 bits per heavy atom. The highest BCUT2D eigenvalue weighted by molar-refractivity contribution is 5.69. The summed E-state index contributed by atoms with van der Waals surface area (Å²) in [5, 5.41) is 0. The van der Waals surface area contributed by atoms with Crippen molar-refractivity contribution in [3.8, 4) is 6.01 Å². The largest absolute Gasteiger partial charge is 0.460 e. The minimum absolute atomic E-state index is 0.0274. The van der Waals surface area contributed by atoms with Crippen molar-refractivity contribution in [3.05, 3.63) is 12.5 Å². The summed E-state index contributed by atoms with van der Waals surface area (Å²) in [5.74, 6) is 0. The van der Waals surface area contributed by atoms with Gasteiger partial charge in [-0.2, -0.15) is 4.98 Å². The third kappa shape index (κ3) is 3.15. The average molecular weight is 290 g/mol. The van der Waals surface area contributed by atoms with Crippen LogP contribution in [-0.2, 0) is 4.74 Å². The molecule has 1 unspecified atom stereocenters. The predicted octanol–water partition coefficient (Wildman–Crippen LogP) is 3.09. The number of fused-ring (bicyclic) bond motifs is 1. The summed E-state index contributed by atoms with van der Waals surface area (Å²) in [5.41, 5.74) is 1.57. The van der Waals surface area contributed by atoms with Crippen LogP contribution in [0.25, 0.3) is 11.2 Å². The normalized spacial score (nSPS) is 20.6. The van der Waals surface area contributed by atoms with E-state index in [2.05, 4.69) is 21.9 Å². The summed E-state index contributed by atoms with van der Waals surface area (Å²) in [6, 6.07) is 0.418. The molecule has 114 valence electrons. The smallest absolute Gasteiger partial charge is 0.318 e. The molecule has 3 rings (SSSR count). The van der Waals surface area contributed by atoms with Gasteiger partial charge in [0.05, 0.1) is 18.6 Å². The van der Waals surface area contributed by atoms with E-state index in [-0.39, 0.29) is 12.3 Å². The van der Waals surface area contributed by atoms with Gasteiger partial charge in [0.1, 0.15) is 11.7 Å². The lowest BCUT2D eigenvalue weighted by atomic mass is 10.2. The topological polar surface area (TPSA) is 62.1 Å². The van der Waals surface area contributed by atoms with Crippen molar-refractivity contribution in [3.63, 3.8) is 0 Å². The molecule has 0 aromatic carbocycles. The van der Waals surface area contributed by atoms with Gasteiger partial charge in [-0.1, -0.05) is 13.3 Å². The van der Waals surface area contributed by atoms with Gasteiger partial charge in [0.2, 0.25) is 0 Å². The van der Waals surface area contributed by atoms with Gasteiger partial charge in [-0.25, -0.2) is 9.97 Å². The molecule has 0 saturated carbocycles. The van der Waals surface area contributed by atoms with Gasteiger partial charge in [0.15, 0.2) is 5.65 Å². The number of aromatic nitrogens is 4. The fourth-order valence-electron chi connectivity index (χ4n) is 2.67. The second-order valence-electron chi connectivity index (χ2n) is 5.55.